The lowest BCUT2D eigenvalue weighted by Crippen LogP contribution is -2.30. The molecule has 0 radical (unpaired) electrons. The first-order valence-corrected chi connectivity index (χ1v) is 8.20. The van der Waals surface area contributed by atoms with Gasteiger partial charge in [-0.05, 0) is 31.5 Å². The standard InChI is InChI=1S/C16H15N3O4S/c1-3-13-18-19-16(24-13)17-15(21)9(2)22-11-6-4-10-5-7-14(20)23-12(10)8-11/h4-9H,3H2,1-2H3,(H,17,19,21). The van der Waals surface area contributed by atoms with Crippen molar-refractivity contribution in [2.75, 3.05) is 5.32 Å². The van der Waals surface area contributed by atoms with Gasteiger partial charge >= 0.3 is 5.63 Å². The van der Waals surface area contributed by atoms with Crippen LogP contribution in [0.2, 0.25) is 0 Å². The molecular formula is C16H15N3O4S. The number of carbonyl (C=O) groups is 1. The van der Waals surface area contributed by atoms with Crippen LogP contribution in [0.5, 0.6) is 5.75 Å². The molecule has 2 aromatic heterocycles. The van der Waals surface area contributed by atoms with Crippen molar-refractivity contribution in [3.8, 4) is 5.75 Å². The molecular weight excluding hydrogens is 330 g/mol. The first-order chi connectivity index (χ1) is 11.5. The highest BCUT2D eigenvalue weighted by atomic mass is 32.1. The molecule has 0 spiro atoms. The maximum atomic E-state index is 12.2. The van der Waals surface area contributed by atoms with Crippen molar-refractivity contribution in [2.45, 2.75) is 26.4 Å². The summed E-state index contributed by atoms with van der Waals surface area (Å²) in [5.74, 6) is 0.106. The number of nitrogens with one attached hydrogen (secondary N) is 1. The van der Waals surface area contributed by atoms with Gasteiger partial charge in [0, 0.05) is 17.5 Å². The zero-order valence-corrected chi connectivity index (χ0v) is 13.9. The third kappa shape index (κ3) is 3.60. The Morgan fingerprint density at radius 1 is 1.33 bits per heavy atom. The molecule has 1 aromatic carbocycles. The van der Waals surface area contributed by atoms with Crippen molar-refractivity contribution in [2.24, 2.45) is 0 Å². The van der Waals surface area contributed by atoms with E-state index in [-0.39, 0.29) is 5.91 Å². The van der Waals surface area contributed by atoms with Crippen LogP contribution in [0.1, 0.15) is 18.9 Å². The van der Waals surface area contributed by atoms with E-state index in [4.69, 9.17) is 9.15 Å². The highest BCUT2D eigenvalue weighted by Gasteiger charge is 2.17. The number of benzene rings is 1. The first-order valence-electron chi connectivity index (χ1n) is 7.39. The van der Waals surface area contributed by atoms with Crippen molar-refractivity contribution in [1.29, 1.82) is 0 Å². The number of nitrogens with zero attached hydrogens (tertiary/aromatic N) is 2. The number of ether oxygens (including phenoxy) is 1. The van der Waals surface area contributed by atoms with Crippen LogP contribution < -0.4 is 15.7 Å². The normalized spacial score (nSPS) is 12.1. The molecule has 7 nitrogen and oxygen atoms in total. The molecule has 0 aliphatic rings. The molecule has 24 heavy (non-hydrogen) atoms. The zero-order valence-electron chi connectivity index (χ0n) is 13.1. The van der Waals surface area contributed by atoms with Crippen LogP contribution in [0.15, 0.2) is 39.5 Å². The molecule has 3 rings (SSSR count). The molecule has 1 N–H and O–H groups in total. The molecule has 1 amide bonds. The van der Waals surface area contributed by atoms with E-state index in [1.807, 2.05) is 6.92 Å². The van der Waals surface area contributed by atoms with E-state index in [9.17, 15) is 9.59 Å². The Morgan fingerprint density at radius 2 is 2.12 bits per heavy atom. The summed E-state index contributed by atoms with van der Waals surface area (Å²) in [6.07, 6.45) is 0.0221. The van der Waals surface area contributed by atoms with Crippen LogP contribution in [-0.4, -0.2) is 22.2 Å². The van der Waals surface area contributed by atoms with Crippen LogP contribution in [0.25, 0.3) is 11.0 Å². The maximum absolute atomic E-state index is 12.2. The maximum Gasteiger partial charge on any atom is 0.336 e. The Balaban J connectivity index is 1.70. The molecule has 124 valence electrons. The highest BCUT2D eigenvalue weighted by Crippen LogP contribution is 2.21. The Kier molecular flexibility index (Phi) is 4.57. The van der Waals surface area contributed by atoms with Crippen LogP contribution in [0, 0.1) is 0 Å². The number of fused-ring (bicyclic) bond motifs is 1. The minimum atomic E-state index is -0.744. The zero-order chi connectivity index (χ0) is 17.1. The number of aryl methyl sites for hydroxylation is 1. The quantitative estimate of drug-likeness (QED) is 0.714. The van der Waals surface area contributed by atoms with Gasteiger partial charge < -0.3 is 9.15 Å². The summed E-state index contributed by atoms with van der Waals surface area (Å²) in [6.45, 7) is 3.60. The van der Waals surface area contributed by atoms with Crippen LogP contribution >= 0.6 is 11.3 Å². The van der Waals surface area contributed by atoms with E-state index >= 15 is 0 Å². The molecule has 3 aromatic rings. The molecule has 0 saturated heterocycles. The molecule has 0 saturated carbocycles. The minimum absolute atomic E-state index is 0.330. The minimum Gasteiger partial charge on any atom is -0.481 e. The van der Waals surface area contributed by atoms with Crippen molar-refractivity contribution in [3.63, 3.8) is 0 Å². The summed E-state index contributed by atoms with van der Waals surface area (Å²) in [5, 5.41) is 12.6. The molecule has 1 unspecified atom stereocenters. The molecule has 0 fully saturated rings. The monoisotopic (exact) mass is 345 g/mol. The Bertz CT molecular complexity index is 934. The smallest absolute Gasteiger partial charge is 0.336 e. The number of hydrogen-bond acceptors (Lipinski definition) is 7. The van der Waals surface area contributed by atoms with Gasteiger partial charge in [0.15, 0.2) is 6.10 Å². The summed E-state index contributed by atoms with van der Waals surface area (Å²) in [6, 6.07) is 8.08. The lowest BCUT2D eigenvalue weighted by atomic mass is 10.2. The Labute approximate surface area is 141 Å². The number of anilines is 1. The molecule has 0 bridgehead atoms. The predicted octanol–water partition coefficient (Wildman–Crippen LogP) is 2.61. The van der Waals surface area contributed by atoms with E-state index in [2.05, 4.69) is 15.5 Å². The SMILES string of the molecule is CCc1nnc(NC(=O)C(C)Oc2ccc3ccc(=O)oc3c2)s1. The van der Waals surface area contributed by atoms with Crippen LogP contribution in [0.4, 0.5) is 5.13 Å². The van der Waals surface area contributed by atoms with Crippen LogP contribution in [0.3, 0.4) is 0 Å². The molecule has 1 atom stereocenters. The van der Waals surface area contributed by atoms with Gasteiger partial charge in [-0.3, -0.25) is 10.1 Å². The molecule has 0 aliphatic carbocycles. The van der Waals surface area contributed by atoms with E-state index < -0.39 is 11.7 Å². The lowest BCUT2D eigenvalue weighted by molar-refractivity contribution is -0.122. The Hall–Kier alpha value is -2.74. The third-order valence-corrected chi connectivity index (χ3v) is 4.26. The predicted molar refractivity (Wildman–Crippen MR) is 90.5 cm³/mol. The van der Waals surface area contributed by atoms with E-state index in [1.165, 1.54) is 17.4 Å². The van der Waals surface area contributed by atoms with Crippen molar-refractivity contribution >= 4 is 33.3 Å². The topological polar surface area (TPSA) is 94.3 Å². The van der Waals surface area contributed by atoms with Gasteiger partial charge in [0.05, 0.1) is 0 Å². The second kappa shape index (κ2) is 6.79. The lowest BCUT2D eigenvalue weighted by Gasteiger charge is -2.13. The third-order valence-electron chi connectivity index (χ3n) is 3.28. The van der Waals surface area contributed by atoms with Gasteiger partial charge in [-0.2, -0.15) is 0 Å². The second-order valence-corrected chi connectivity index (χ2v) is 6.12. The summed E-state index contributed by atoms with van der Waals surface area (Å²) >= 11 is 1.33. The summed E-state index contributed by atoms with van der Waals surface area (Å²) < 4.78 is 10.7. The number of amides is 1. The van der Waals surface area contributed by atoms with Crippen LogP contribution in [-0.2, 0) is 11.2 Å². The van der Waals surface area contributed by atoms with Gasteiger partial charge in [-0.1, -0.05) is 18.3 Å². The number of aromatic nitrogens is 2. The number of hydrogen-bond donors (Lipinski definition) is 1. The fourth-order valence-electron chi connectivity index (χ4n) is 2.03. The average Bonchev–Trinajstić information content (AvgIpc) is 3.02. The van der Waals surface area contributed by atoms with Crippen molar-refractivity contribution in [3.05, 3.63) is 45.8 Å². The van der Waals surface area contributed by atoms with Gasteiger partial charge in [0.1, 0.15) is 16.3 Å². The summed E-state index contributed by atoms with van der Waals surface area (Å²) in [7, 11) is 0. The summed E-state index contributed by atoms with van der Waals surface area (Å²) in [4.78, 5) is 23.4. The van der Waals surface area contributed by atoms with Gasteiger partial charge in [-0.25, -0.2) is 4.79 Å². The first kappa shape index (κ1) is 16.1. The molecule has 0 aliphatic heterocycles. The van der Waals surface area contributed by atoms with Crippen molar-refractivity contribution in [1.82, 2.24) is 10.2 Å². The largest absolute Gasteiger partial charge is 0.481 e. The Morgan fingerprint density at radius 3 is 2.88 bits per heavy atom. The van der Waals surface area contributed by atoms with Gasteiger partial charge in [-0.15, -0.1) is 10.2 Å². The fraction of sp³-hybridized carbons (Fsp3) is 0.250. The molecule has 8 heteroatoms. The highest BCUT2D eigenvalue weighted by molar-refractivity contribution is 7.15. The van der Waals surface area contributed by atoms with E-state index in [0.717, 1.165) is 16.8 Å². The number of carbonyl (C=O) groups excluding carboxylic acids is 1. The van der Waals surface area contributed by atoms with Gasteiger partial charge in [0.2, 0.25) is 5.13 Å². The van der Waals surface area contributed by atoms with E-state index in [1.54, 1.807) is 31.2 Å². The van der Waals surface area contributed by atoms with Gasteiger partial charge in [0.25, 0.3) is 5.91 Å². The number of rotatable bonds is 5. The molecule has 2 heterocycles. The van der Waals surface area contributed by atoms with E-state index in [0.29, 0.717) is 16.5 Å². The second-order valence-electron chi connectivity index (χ2n) is 5.06. The fourth-order valence-corrected chi connectivity index (χ4v) is 2.71. The van der Waals surface area contributed by atoms with Crippen molar-refractivity contribution < 1.29 is 13.9 Å². The average molecular weight is 345 g/mol. The summed E-state index contributed by atoms with van der Waals surface area (Å²) in [5.41, 5.74) is -0.0299.